The number of hydrogen-bond acceptors (Lipinski definition) is 4. The van der Waals surface area contributed by atoms with Gasteiger partial charge in [-0.2, -0.15) is 0 Å². The monoisotopic (exact) mass is 369 g/mol. The number of ether oxygens (including phenoxy) is 1. The van der Waals surface area contributed by atoms with Crippen LogP contribution in [-0.2, 0) is 23.0 Å². The van der Waals surface area contributed by atoms with Gasteiger partial charge in [0.05, 0.1) is 23.9 Å². The molecule has 26 heavy (non-hydrogen) atoms. The zero-order valence-corrected chi connectivity index (χ0v) is 15.2. The molecule has 1 aliphatic heterocycles. The number of rotatable bonds is 5. The van der Waals surface area contributed by atoms with Crippen LogP contribution in [0.3, 0.4) is 0 Å². The lowest BCUT2D eigenvalue weighted by atomic mass is 10.1. The van der Waals surface area contributed by atoms with Crippen molar-refractivity contribution in [1.82, 2.24) is 9.55 Å². The second-order valence-electron chi connectivity index (χ2n) is 6.17. The van der Waals surface area contributed by atoms with Gasteiger partial charge in [0.15, 0.2) is 0 Å². The van der Waals surface area contributed by atoms with E-state index in [0.717, 1.165) is 36.5 Å². The molecule has 1 N–H and O–H groups in total. The Labute approximate surface area is 152 Å². The van der Waals surface area contributed by atoms with E-state index in [1.807, 2.05) is 18.3 Å². The number of fused-ring (bicyclic) bond motifs is 1. The minimum absolute atomic E-state index is 0.191. The quantitative estimate of drug-likeness (QED) is 0.749. The summed E-state index contributed by atoms with van der Waals surface area (Å²) in [5, 5.41) is 0. The highest BCUT2D eigenvalue weighted by molar-refractivity contribution is 7.92. The molecule has 7 heteroatoms. The summed E-state index contributed by atoms with van der Waals surface area (Å²) >= 11 is 0. The second kappa shape index (κ2) is 6.49. The maximum Gasteiger partial charge on any atom is 0.261 e. The number of aryl methyl sites for hydroxylation is 1. The molecule has 2 aromatic carbocycles. The first-order valence-electron chi connectivity index (χ1n) is 8.38. The molecule has 4 rings (SSSR count). The average Bonchev–Trinajstić information content (AvgIpc) is 3.26. The zero-order chi connectivity index (χ0) is 18.1. The largest absolute Gasteiger partial charge is 0.497 e. The fourth-order valence-electron chi connectivity index (χ4n) is 3.17. The van der Waals surface area contributed by atoms with E-state index in [0.29, 0.717) is 11.4 Å². The minimum Gasteiger partial charge on any atom is -0.497 e. The number of methoxy groups -OCH3 is 1. The Morgan fingerprint density at radius 3 is 2.50 bits per heavy atom. The Balaban J connectivity index is 1.55. The van der Waals surface area contributed by atoms with Gasteiger partial charge in [-0.05, 0) is 48.4 Å². The summed E-state index contributed by atoms with van der Waals surface area (Å²) in [6.45, 7) is 0.983. The van der Waals surface area contributed by atoms with Gasteiger partial charge in [0, 0.05) is 18.7 Å². The molecule has 1 aromatic heterocycles. The maximum absolute atomic E-state index is 12.5. The predicted molar refractivity (Wildman–Crippen MR) is 99.8 cm³/mol. The second-order valence-corrected chi connectivity index (χ2v) is 7.86. The van der Waals surface area contributed by atoms with Crippen molar-refractivity contribution in [2.45, 2.75) is 24.3 Å². The molecule has 6 nitrogen and oxygen atoms in total. The van der Waals surface area contributed by atoms with Crippen LogP contribution in [0.5, 0.6) is 5.75 Å². The molecule has 0 fully saturated rings. The van der Waals surface area contributed by atoms with Crippen LogP contribution in [0.2, 0.25) is 0 Å². The van der Waals surface area contributed by atoms with Crippen LogP contribution in [0, 0.1) is 0 Å². The summed E-state index contributed by atoms with van der Waals surface area (Å²) in [5.74, 6) is 1.73. The topological polar surface area (TPSA) is 73.2 Å². The summed E-state index contributed by atoms with van der Waals surface area (Å²) in [6, 6.07) is 13.6. The summed E-state index contributed by atoms with van der Waals surface area (Å²) in [6.07, 6.45) is 4.01. The Kier molecular flexibility index (Phi) is 4.16. The van der Waals surface area contributed by atoms with E-state index < -0.39 is 10.0 Å². The number of nitrogens with zero attached hydrogens (tertiary/aromatic N) is 2. The number of hydrogen-bond donors (Lipinski definition) is 1. The summed E-state index contributed by atoms with van der Waals surface area (Å²) in [5.41, 5.74) is 2.62. The molecule has 0 saturated heterocycles. The zero-order valence-electron chi connectivity index (χ0n) is 14.3. The minimum atomic E-state index is -3.64. The highest BCUT2D eigenvalue weighted by atomic mass is 32.2. The molecule has 0 unspecified atom stereocenters. The number of benzene rings is 2. The SMILES string of the molecule is COc1ccc(S(=O)(=O)Nc2ccc(-c3cnc4n3CCC4)cc2)cc1. The Bertz CT molecular complexity index is 1020. The third-order valence-electron chi connectivity index (χ3n) is 4.52. The van der Waals surface area contributed by atoms with E-state index in [2.05, 4.69) is 14.3 Å². The van der Waals surface area contributed by atoms with Crippen LogP contribution >= 0.6 is 0 Å². The van der Waals surface area contributed by atoms with Crippen LogP contribution in [0.1, 0.15) is 12.2 Å². The third kappa shape index (κ3) is 3.06. The summed E-state index contributed by atoms with van der Waals surface area (Å²) in [7, 11) is -2.10. The first kappa shape index (κ1) is 16.7. The van der Waals surface area contributed by atoms with Crippen molar-refractivity contribution in [2.24, 2.45) is 0 Å². The molecule has 0 saturated carbocycles. The number of sulfonamides is 1. The third-order valence-corrected chi connectivity index (χ3v) is 5.92. The molecular weight excluding hydrogens is 350 g/mol. The van der Waals surface area contributed by atoms with Gasteiger partial charge < -0.3 is 9.30 Å². The van der Waals surface area contributed by atoms with Crippen molar-refractivity contribution in [1.29, 1.82) is 0 Å². The van der Waals surface area contributed by atoms with Gasteiger partial charge in [-0.1, -0.05) is 12.1 Å². The van der Waals surface area contributed by atoms with Gasteiger partial charge in [-0.15, -0.1) is 0 Å². The standard InChI is InChI=1S/C19H19N3O3S/c1-25-16-8-10-17(11-9-16)26(23,24)21-15-6-4-14(5-7-15)18-13-20-19-3-2-12-22(18)19/h4-11,13,21H,2-3,12H2,1H3. The van der Waals surface area contributed by atoms with Crippen molar-refractivity contribution in [3.8, 4) is 17.0 Å². The van der Waals surface area contributed by atoms with E-state index >= 15 is 0 Å². The van der Waals surface area contributed by atoms with Crippen LogP contribution in [0.15, 0.2) is 59.6 Å². The molecular formula is C19H19N3O3S. The molecule has 134 valence electrons. The van der Waals surface area contributed by atoms with Crippen molar-refractivity contribution in [2.75, 3.05) is 11.8 Å². The van der Waals surface area contributed by atoms with E-state index in [1.165, 1.54) is 12.1 Å². The smallest absolute Gasteiger partial charge is 0.261 e. The molecule has 1 aliphatic rings. The molecule has 0 amide bonds. The van der Waals surface area contributed by atoms with Crippen LogP contribution < -0.4 is 9.46 Å². The van der Waals surface area contributed by atoms with Gasteiger partial charge in [0.25, 0.3) is 10.0 Å². The Hall–Kier alpha value is -2.80. The highest BCUT2D eigenvalue weighted by Crippen LogP contribution is 2.27. The van der Waals surface area contributed by atoms with E-state index in [1.54, 1.807) is 31.4 Å². The van der Waals surface area contributed by atoms with Crippen LogP contribution in [0.4, 0.5) is 5.69 Å². The number of anilines is 1. The normalized spacial score (nSPS) is 13.4. The lowest BCUT2D eigenvalue weighted by Crippen LogP contribution is -2.12. The number of imidazole rings is 1. The summed E-state index contributed by atoms with van der Waals surface area (Å²) in [4.78, 5) is 4.64. The van der Waals surface area contributed by atoms with Gasteiger partial charge in [0.2, 0.25) is 0 Å². The molecule has 2 heterocycles. The highest BCUT2D eigenvalue weighted by Gasteiger charge is 2.17. The Morgan fingerprint density at radius 1 is 1.08 bits per heavy atom. The van der Waals surface area contributed by atoms with Crippen molar-refractivity contribution in [3.63, 3.8) is 0 Å². The fraction of sp³-hybridized carbons (Fsp3) is 0.211. The summed E-state index contributed by atoms with van der Waals surface area (Å²) < 4.78 is 34.9. The molecule has 0 atom stereocenters. The van der Waals surface area contributed by atoms with Gasteiger partial charge in [-0.25, -0.2) is 13.4 Å². The lowest BCUT2D eigenvalue weighted by molar-refractivity contribution is 0.414. The first-order chi connectivity index (χ1) is 12.6. The predicted octanol–water partition coefficient (Wildman–Crippen LogP) is 3.31. The van der Waals surface area contributed by atoms with Crippen molar-refractivity contribution < 1.29 is 13.2 Å². The van der Waals surface area contributed by atoms with Crippen LogP contribution in [-0.4, -0.2) is 25.1 Å². The Morgan fingerprint density at radius 2 is 1.81 bits per heavy atom. The van der Waals surface area contributed by atoms with Gasteiger partial charge >= 0.3 is 0 Å². The van der Waals surface area contributed by atoms with Gasteiger partial charge in [0.1, 0.15) is 11.6 Å². The van der Waals surface area contributed by atoms with Gasteiger partial charge in [-0.3, -0.25) is 4.72 Å². The number of aromatic nitrogens is 2. The molecule has 0 radical (unpaired) electrons. The average molecular weight is 369 g/mol. The van der Waals surface area contributed by atoms with E-state index in [-0.39, 0.29) is 4.90 Å². The van der Waals surface area contributed by atoms with E-state index in [9.17, 15) is 8.42 Å². The maximum atomic E-state index is 12.5. The lowest BCUT2D eigenvalue weighted by Gasteiger charge is -2.10. The van der Waals surface area contributed by atoms with Crippen molar-refractivity contribution >= 4 is 15.7 Å². The number of nitrogens with one attached hydrogen (secondary N) is 1. The molecule has 0 spiro atoms. The molecule has 3 aromatic rings. The van der Waals surface area contributed by atoms with Crippen molar-refractivity contribution in [3.05, 3.63) is 60.6 Å². The molecule has 0 aliphatic carbocycles. The fourth-order valence-corrected chi connectivity index (χ4v) is 4.23. The van der Waals surface area contributed by atoms with E-state index in [4.69, 9.17) is 4.74 Å². The molecule has 0 bridgehead atoms. The first-order valence-corrected chi connectivity index (χ1v) is 9.87. The van der Waals surface area contributed by atoms with Crippen LogP contribution in [0.25, 0.3) is 11.3 Å².